The summed E-state index contributed by atoms with van der Waals surface area (Å²) < 4.78 is 2.65. The van der Waals surface area contributed by atoms with Gasteiger partial charge in [0.25, 0.3) is 5.91 Å². The van der Waals surface area contributed by atoms with Gasteiger partial charge in [0, 0.05) is 43.0 Å². The Bertz CT molecular complexity index is 1420. The Hall–Kier alpha value is -4.11. The molecule has 0 radical (unpaired) electrons. The molecule has 1 aromatic carbocycles. The SMILES string of the molecule is O=C(NCc1ccc(-c2ccc3scnc3c2)nc1)c1c[nH]c(-n2cccn2)cc1=O. The number of hydrogen-bond acceptors (Lipinski definition) is 6. The summed E-state index contributed by atoms with van der Waals surface area (Å²) in [7, 11) is 0. The fourth-order valence-corrected chi connectivity index (χ4v) is 3.84. The van der Waals surface area contributed by atoms with Gasteiger partial charge >= 0.3 is 0 Å². The van der Waals surface area contributed by atoms with Crippen molar-refractivity contribution in [1.82, 2.24) is 30.0 Å². The fraction of sp³-hybridized carbons (Fsp3) is 0.0455. The number of nitrogens with zero attached hydrogens (tertiary/aromatic N) is 4. The first-order valence-electron chi connectivity index (χ1n) is 9.47. The molecule has 4 heterocycles. The van der Waals surface area contributed by atoms with Crippen LogP contribution >= 0.6 is 11.3 Å². The van der Waals surface area contributed by atoms with E-state index in [1.165, 1.54) is 16.9 Å². The van der Waals surface area contributed by atoms with E-state index in [4.69, 9.17) is 0 Å². The van der Waals surface area contributed by atoms with Crippen molar-refractivity contribution in [3.63, 3.8) is 0 Å². The number of carbonyl (C=O) groups is 1. The fourth-order valence-electron chi connectivity index (χ4n) is 3.18. The van der Waals surface area contributed by atoms with Crippen molar-refractivity contribution in [1.29, 1.82) is 0 Å². The Morgan fingerprint density at radius 2 is 2.10 bits per heavy atom. The van der Waals surface area contributed by atoms with Crippen molar-refractivity contribution in [2.75, 3.05) is 0 Å². The maximum atomic E-state index is 12.4. The molecule has 0 saturated heterocycles. The van der Waals surface area contributed by atoms with Gasteiger partial charge in [0.2, 0.25) is 0 Å². The number of rotatable bonds is 5. The molecular formula is C22H16N6O2S. The molecule has 0 spiro atoms. The number of H-pyrrole nitrogens is 1. The normalized spacial score (nSPS) is 11.0. The highest BCUT2D eigenvalue weighted by molar-refractivity contribution is 7.16. The molecule has 4 aromatic heterocycles. The van der Waals surface area contributed by atoms with Crippen LogP contribution in [0.25, 0.3) is 27.3 Å². The first-order chi connectivity index (χ1) is 15.2. The number of benzene rings is 1. The zero-order valence-electron chi connectivity index (χ0n) is 16.1. The van der Waals surface area contributed by atoms with Crippen LogP contribution in [0.5, 0.6) is 0 Å². The summed E-state index contributed by atoms with van der Waals surface area (Å²) >= 11 is 1.60. The highest BCUT2D eigenvalue weighted by Gasteiger charge is 2.12. The minimum absolute atomic E-state index is 0.0389. The molecular weight excluding hydrogens is 412 g/mol. The number of pyridine rings is 2. The van der Waals surface area contributed by atoms with Crippen LogP contribution in [-0.4, -0.2) is 30.6 Å². The minimum atomic E-state index is -0.452. The monoisotopic (exact) mass is 428 g/mol. The lowest BCUT2D eigenvalue weighted by molar-refractivity contribution is 0.0949. The zero-order chi connectivity index (χ0) is 21.2. The third-order valence-electron chi connectivity index (χ3n) is 4.80. The van der Waals surface area contributed by atoms with E-state index in [0.717, 1.165) is 27.0 Å². The van der Waals surface area contributed by atoms with E-state index in [0.29, 0.717) is 5.82 Å². The minimum Gasteiger partial charge on any atom is -0.348 e. The second-order valence-corrected chi connectivity index (χ2v) is 7.70. The maximum absolute atomic E-state index is 12.4. The second-order valence-electron chi connectivity index (χ2n) is 6.82. The molecule has 5 aromatic rings. The third-order valence-corrected chi connectivity index (χ3v) is 5.61. The van der Waals surface area contributed by atoms with Gasteiger partial charge in [-0.2, -0.15) is 5.10 Å². The van der Waals surface area contributed by atoms with Crippen LogP contribution in [0.1, 0.15) is 15.9 Å². The van der Waals surface area contributed by atoms with E-state index < -0.39 is 5.91 Å². The predicted octanol–water partition coefficient (Wildman–Crippen LogP) is 3.16. The van der Waals surface area contributed by atoms with E-state index in [1.807, 2.05) is 35.8 Å². The Morgan fingerprint density at radius 3 is 2.87 bits per heavy atom. The summed E-state index contributed by atoms with van der Waals surface area (Å²) in [4.78, 5) is 36.5. The molecule has 0 unspecified atom stereocenters. The molecule has 9 heteroatoms. The summed E-state index contributed by atoms with van der Waals surface area (Å²) in [6.45, 7) is 0.261. The third kappa shape index (κ3) is 3.86. The molecule has 0 bridgehead atoms. The van der Waals surface area contributed by atoms with Crippen molar-refractivity contribution in [3.05, 3.63) is 94.1 Å². The van der Waals surface area contributed by atoms with Gasteiger partial charge in [-0.05, 0) is 29.8 Å². The van der Waals surface area contributed by atoms with Crippen LogP contribution in [0.4, 0.5) is 0 Å². The summed E-state index contributed by atoms with van der Waals surface area (Å²) in [5, 5.41) is 6.82. The van der Waals surface area contributed by atoms with Gasteiger partial charge in [-0.3, -0.25) is 14.6 Å². The first-order valence-corrected chi connectivity index (χ1v) is 10.3. The van der Waals surface area contributed by atoms with Crippen molar-refractivity contribution in [3.8, 4) is 17.1 Å². The molecule has 1 amide bonds. The van der Waals surface area contributed by atoms with E-state index in [2.05, 4.69) is 25.4 Å². The first kappa shape index (κ1) is 18.9. The molecule has 152 valence electrons. The lowest BCUT2D eigenvalue weighted by Crippen LogP contribution is -2.28. The van der Waals surface area contributed by atoms with Crippen LogP contribution in [0.2, 0.25) is 0 Å². The average Bonchev–Trinajstić information content (AvgIpc) is 3.49. The highest BCUT2D eigenvalue weighted by atomic mass is 32.1. The number of aromatic amines is 1. The van der Waals surface area contributed by atoms with Crippen LogP contribution in [0.3, 0.4) is 0 Å². The van der Waals surface area contributed by atoms with Crippen molar-refractivity contribution in [2.24, 2.45) is 0 Å². The van der Waals surface area contributed by atoms with Gasteiger partial charge in [0.05, 0.1) is 21.4 Å². The molecule has 8 nitrogen and oxygen atoms in total. The number of hydrogen-bond donors (Lipinski definition) is 2. The zero-order valence-corrected chi connectivity index (χ0v) is 17.0. The average molecular weight is 428 g/mol. The molecule has 0 aliphatic rings. The Morgan fingerprint density at radius 1 is 1.16 bits per heavy atom. The van der Waals surface area contributed by atoms with Crippen molar-refractivity contribution < 1.29 is 4.79 Å². The smallest absolute Gasteiger partial charge is 0.257 e. The summed E-state index contributed by atoms with van der Waals surface area (Å²) in [5.41, 5.74) is 5.07. The van der Waals surface area contributed by atoms with Gasteiger partial charge in [-0.1, -0.05) is 12.1 Å². The number of nitrogens with one attached hydrogen (secondary N) is 2. The van der Waals surface area contributed by atoms with Crippen LogP contribution in [0, 0.1) is 0 Å². The summed E-state index contributed by atoms with van der Waals surface area (Å²) in [6.07, 6.45) is 6.42. The molecule has 5 rings (SSSR count). The Kier molecular flexibility index (Phi) is 4.85. The number of carbonyl (C=O) groups excluding carboxylic acids is 1. The number of aromatic nitrogens is 5. The van der Waals surface area contributed by atoms with E-state index in [-0.39, 0.29) is 17.5 Å². The largest absolute Gasteiger partial charge is 0.348 e. The molecule has 2 N–H and O–H groups in total. The molecule has 0 aliphatic heterocycles. The maximum Gasteiger partial charge on any atom is 0.257 e. The van der Waals surface area contributed by atoms with E-state index in [9.17, 15) is 9.59 Å². The van der Waals surface area contributed by atoms with Gasteiger partial charge in [0.1, 0.15) is 11.4 Å². The molecule has 31 heavy (non-hydrogen) atoms. The summed E-state index contributed by atoms with van der Waals surface area (Å²) in [5.74, 6) is 0.0357. The van der Waals surface area contributed by atoms with Crippen LogP contribution in [-0.2, 0) is 6.54 Å². The predicted molar refractivity (Wildman–Crippen MR) is 118 cm³/mol. The van der Waals surface area contributed by atoms with Crippen molar-refractivity contribution in [2.45, 2.75) is 6.54 Å². The summed E-state index contributed by atoms with van der Waals surface area (Å²) in [6, 6.07) is 13.0. The Balaban J connectivity index is 1.26. The topological polar surface area (TPSA) is 106 Å². The molecule has 0 saturated carbocycles. The highest BCUT2D eigenvalue weighted by Crippen LogP contribution is 2.24. The molecule has 0 fully saturated rings. The van der Waals surface area contributed by atoms with Gasteiger partial charge in [-0.15, -0.1) is 11.3 Å². The second kappa shape index (κ2) is 7.96. The standard InChI is InChI=1S/C22H16N6O2S/c29-19-9-21(28-7-1-6-27-28)24-12-16(19)22(30)25-11-14-2-4-17(23-10-14)15-3-5-20-18(8-15)26-13-31-20/h1-10,12-13H,11H2,(H,24,29)(H,25,30). The van der Waals surface area contributed by atoms with Crippen molar-refractivity contribution >= 4 is 27.5 Å². The van der Waals surface area contributed by atoms with E-state index >= 15 is 0 Å². The number of thiazole rings is 1. The molecule has 0 aliphatic carbocycles. The van der Waals surface area contributed by atoms with Crippen LogP contribution in [0.15, 0.2) is 77.6 Å². The number of fused-ring (bicyclic) bond motifs is 1. The number of amides is 1. The molecule has 0 atom stereocenters. The van der Waals surface area contributed by atoms with Gasteiger partial charge in [0.15, 0.2) is 5.43 Å². The van der Waals surface area contributed by atoms with Gasteiger partial charge < -0.3 is 10.3 Å². The Labute approximate surface area is 180 Å². The quantitative estimate of drug-likeness (QED) is 0.447. The lowest BCUT2D eigenvalue weighted by atomic mass is 10.1. The van der Waals surface area contributed by atoms with Crippen LogP contribution < -0.4 is 10.7 Å². The van der Waals surface area contributed by atoms with Gasteiger partial charge in [-0.25, -0.2) is 9.67 Å². The lowest BCUT2D eigenvalue weighted by Gasteiger charge is -2.07. The van der Waals surface area contributed by atoms with E-state index in [1.54, 1.807) is 36.0 Å².